The average molecular weight is 420 g/mol. The van der Waals surface area contributed by atoms with E-state index in [-0.39, 0.29) is 18.2 Å². The maximum atomic E-state index is 12.4. The van der Waals surface area contributed by atoms with Crippen LogP contribution in [0.2, 0.25) is 0 Å². The summed E-state index contributed by atoms with van der Waals surface area (Å²) in [5, 5.41) is 2.65. The van der Waals surface area contributed by atoms with Gasteiger partial charge in [0.2, 0.25) is 11.8 Å². The summed E-state index contributed by atoms with van der Waals surface area (Å²) in [5.74, 6) is -0.315. The first-order chi connectivity index (χ1) is 14.1. The SMILES string of the molecule is C=CC(=O)NCc1cc(-c2ccc(OC(F)(F)F)cc2)c(C)c(O/C=C(\C)CC)n1. The zero-order chi connectivity index (χ0) is 22.3. The molecule has 0 aliphatic rings. The fourth-order valence-electron chi connectivity index (χ4n) is 2.47. The summed E-state index contributed by atoms with van der Waals surface area (Å²) >= 11 is 0. The van der Waals surface area contributed by atoms with E-state index in [1.165, 1.54) is 24.3 Å². The Bertz CT molecular complexity index is 936. The minimum Gasteiger partial charge on any atom is -0.446 e. The maximum Gasteiger partial charge on any atom is 0.573 e. The standard InChI is InChI=1S/C22H23F3N2O3/c1-5-14(3)13-29-21-15(4)19(11-17(27-21)12-26-20(28)6-2)16-7-9-18(10-8-16)30-22(23,24)25/h6-11,13H,2,5,12H2,1,3-4H3,(H,26,28)/b14-13+. The molecule has 0 aliphatic heterocycles. The number of aromatic nitrogens is 1. The molecule has 0 bridgehead atoms. The molecule has 5 nitrogen and oxygen atoms in total. The van der Waals surface area contributed by atoms with E-state index >= 15 is 0 Å². The fraction of sp³-hybridized carbons (Fsp3) is 0.273. The van der Waals surface area contributed by atoms with Gasteiger partial charge in [-0.15, -0.1) is 13.2 Å². The third-order valence-electron chi connectivity index (χ3n) is 4.24. The van der Waals surface area contributed by atoms with Gasteiger partial charge in [0.25, 0.3) is 0 Å². The number of halogens is 3. The first kappa shape index (κ1) is 23.0. The normalized spacial score (nSPS) is 11.7. The number of carbonyl (C=O) groups excluding carboxylic acids is 1. The number of ether oxygens (including phenoxy) is 2. The Kier molecular flexibility index (Phi) is 7.63. The van der Waals surface area contributed by atoms with Crippen molar-refractivity contribution < 1.29 is 27.4 Å². The molecule has 0 saturated heterocycles. The summed E-state index contributed by atoms with van der Waals surface area (Å²) in [6, 6.07) is 7.27. The van der Waals surface area contributed by atoms with Crippen LogP contribution in [-0.4, -0.2) is 17.3 Å². The molecular formula is C22H23F3N2O3. The molecule has 0 aliphatic carbocycles. The molecule has 160 valence electrons. The van der Waals surface area contributed by atoms with Crippen LogP contribution in [0, 0.1) is 6.92 Å². The van der Waals surface area contributed by atoms with Crippen molar-refractivity contribution in [1.29, 1.82) is 0 Å². The Labute approximate surface area is 173 Å². The van der Waals surface area contributed by atoms with E-state index < -0.39 is 6.36 Å². The number of benzene rings is 1. The second kappa shape index (κ2) is 9.96. The van der Waals surface area contributed by atoms with Gasteiger partial charge in [-0.2, -0.15) is 0 Å². The number of nitrogens with zero attached hydrogens (tertiary/aromatic N) is 1. The Morgan fingerprint density at radius 3 is 2.50 bits per heavy atom. The lowest BCUT2D eigenvalue weighted by Gasteiger charge is -2.14. The molecule has 1 aromatic heterocycles. The lowest BCUT2D eigenvalue weighted by atomic mass is 10.0. The van der Waals surface area contributed by atoms with E-state index in [0.717, 1.165) is 18.1 Å². The smallest absolute Gasteiger partial charge is 0.446 e. The van der Waals surface area contributed by atoms with Crippen LogP contribution >= 0.6 is 0 Å². The number of alkyl halides is 3. The molecule has 0 radical (unpaired) electrons. The van der Waals surface area contributed by atoms with E-state index in [2.05, 4.69) is 21.6 Å². The molecule has 1 N–H and O–H groups in total. The number of carbonyl (C=O) groups is 1. The highest BCUT2D eigenvalue weighted by atomic mass is 19.4. The van der Waals surface area contributed by atoms with Crippen molar-refractivity contribution in [2.24, 2.45) is 0 Å². The lowest BCUT2D eigenvalue weighted by Crippen LogP contribution is -2.20. The Morgan fingerprint density at radius 1 is 1.27 bits per heavy atom. The van der Waals surface area contributed by atoms with Crippen molar-refractivity contribution in [1.82, 2.24) is 10.3 Å². The molecule has 1 amide bonds. The van der Waals surface area contributed by atoms with Crippen LogP contribution in [0.5, 0.6) is 11.6 Å². The summed E-state index contributed by atoms with van der Waals surface area (Å²) in [5.41, 5.74) is 3.61. The average Bonchev–Trinajstić information content (AvgIpc) is 2.70. The van der Waals surface area contributed by atoms with E-state index in [9.17, 15) is 18.0 Å². The topological polar surface area (TPSA) is 60.5 Å². The van der Waals surface area contributed by atoms with Gasteiger partial charge in [0, 0.05) is 5.56 Å². The van der Waals surface area contributed by atoms with Gasteiger partial charge >= 0.3 is 6.36 Å². The van der Waals surface area contributed by atoms with Crippen LogP contribution in [-0.2, 0) is 11.3 Å². The van der Waals surface area contributed by atoms with E-state index in [1.807, 2.05) is 13.8 Å². The predicted octanol–water partition coefficient (Wildman–Crippen LogP) is 5.45. The van der Waals surface area contributed by atoms with Gasteiger partial charge in [-0.1, -0.05) is 25.6 Å². The maximum absolute atomic E-state index is 12.4. The molecule has 8 heteroatoms. The molecule has 0 fully saturated rings. The first-order valence-corrected chi connectivity index (χ1v) is 9.22. The van der Waals surface area contributed by atoms with Crippen LogP contribution in [0.1, 0.15) is 31.5 Å². The largest absolute Gasteiger partial charge is 0.573 e. The van der Waals surface area contributed by atoms with Crippen LogP contribution in [0.4, 0.5) is 13.2 Å². The number of hydrogen-bond donors (Lipinski definition) is 1. The second-order valence-corrected chi connectivity index (χ2v) is 6.52. The summed E-state index contributed by atoms with van der Waals surface area (Å²) < 4.78 is 46.9. The molecular weight excluding hydrogens is 397 g/mol. The van der Waals surface area contributed by atoms with Gasteiger partial charge in [-0.3, -0.25) is 4.79 Å². The van der Waals surface area contributed by atoms with Gasteiger partial charge in [0.05, 0.1) is 18.5 Å². The molecule has 0 saturated carbocycles. The van der Waals surface area contributed by atoms with Crippen molar-refractivity contribution in [2.75, 3.05) is 0 Å². The summed E-state index contributed by atoms with van der Waals surface area (Å²) in [6.07, 6.45) is -1.19. The van der Waals surface area contributed by atoms with Crippen molar-refractivity contribution in [3.05, 3.63) is 66.1 Å². The molecule has 1 heterocycles. The van der Waals surface area contributed by atoms with Gasteiger partial charge in [0.1, 0.15) is 5.75 Å². The first-order valence-electron chi connectivity index (χ1n) is 9.22. The summed E-state index contributed by atoms with van der Waals surface area (Å²) in [4.78, 5) is 15.9. The summed E-state index contributed by atoms with van der Waals surface area (Å²) in [6.45, 7) is 9.26. The Hall–Kier alpha value is -3.29. The van der Waals surface area contributed by atoms with Gasteiger partial charge in [-0.25, -0.2) is 4.98 Å². The molecule has 0 atom stereocenters. The minimum absolute atomic E-state index is 0.139. The number of amides is 1. The van der Waals surface area contributed by atoms with Crippen molar-refractivity contribution in [3.8, 4) is 22.8 Å². The number of pyridine rings is 1. The predicted molar refractivity (Wildman–Crippen MR) is 108 cm³/mol. The van der Waals surface area contributed by atoms with Crippen LogP contribution in [0.25, 0.3) is 11.1 Å². The van der Waals surface area contributed by atoms with E-state index in [1.54, 1.807) is 19.3 Å². The highest BCUT2D eigenvalue weighted by molar-refractivity contribution is 5.86. The molecule has 30 heavy (non-hydrogen) atoms. The van der Waals surface area contributed by atoms with Gasteiger partial charge in [-0.05, 0) is 61.2 Å². The Morgan fingerprint density at radius 2 is 1.93 bits per heavy atom. The molecule has 2 aromatic rings. The monoisotopic (exact) mass is 420 g/mol. The van der Waals surface area contributed by atoms with Gasteiger partial charge < -0.3 is 14.8 Å². The minimum atomic E-state index is -4.75. The van der Waals surface area contributed by atoms with E-state index in [0.29, 0.717) is 28.3 Å². The van der Waals surface area contributed by atoms with Crippen LogP contribution in [0.15, 0.2) is 54.8 Å². The second-order valence-electron chi connectivity index (χ2n) is 6.52. The van der Waals surface area contributed by atoms with Crippen molar-refractivity contribution >= 4 is 5.91 Å². The molecule has 2 rings (SSSR count). The zero-order valence-corrected chi connectivity index (χ0v) is 17.0. The van der Waals surface area contributed by atoms with Crippen LogP contribution in [0.3, 0.4) is 0 Å². The third kappa shape index (κ3) is 6.65. The highest BCUT2D eigenvalue weighted by Crippen LogP contribution is 2.32. The van der Waals surface area contributed by atoms with Crippen LogP contribution < -0.4 is 14.8 Å². The number of allylic oxidation sites excluding steroid dienone is 1. The lowest BCUT2D eigenvalue weighted by molar-refractivity contribution is -0.274. The van der Waals surface area contributed by atoms with Crippen molar-refractivity contribution in [2.45, 2.75) is 40.1 Å². The third-order valence-corrected chi connectivity index (χ3v) is 4.24. The quantitative estimate of drug-likeness (QED) is 0.456. The fourth-order valence-corrected chi connectivity index (χ4v) is 2.47. The zero-order valence-electron chi connectivity index (χ0n) is 17.0. The highest BCUT2D eigenvalue weighted by Gasteiger charge is 2.31. The summed E-state index contributed by atoms with van der Waals surface area (Å²) in [7, 11) is 0. The Balaban J connectivity index is 2.42. The number of hydrogen-bond acceptors (Lipinski definition) is 4. The van der Waals surface area contributed by atoms with Gasteiger partial charge in [0.15, 0.2) is 0 Å². The van der Waals surface area contributed by atoms with Crippen molar-refractivity contribution in [3.63, 3.8) is 0 Å². The number of nitrogens with one attached hydrogen (secondary N) is 1. The molecule has 1 aromatic carbocycles. The molecule has 0 spiro atoms. The molecule has 0 unspecified atom stereocenters. The number of rotatable bonds is 8. The van der Waals surface area contributed by atoms with E-state index in [4.69, 9.17) is 4.74 Å².